The highest BCUT2D eigenvalue weighted by atomic mass is 19.1. The first kappa shape index (κ1) is 29.6. The van der Waals surface area contributed by atoms with Crippen LogP contribution in [-0.2, 0) is 35.2 Å². The summed E-state index contributed by atoms with van der Waals surface area (Å²) in [5.74, 6) is -1.16. The number of rotatable bonds is 13. The van der Waals surface area contributed by atoms with Crippen molar-refractivity contribution < 1.29 is 37.8 Å². The van der Waals surface area contributed by atoms with Crippen LogP contribution in [0.3, 0.4) is 0 Å². The second-order valence-corrected chi connectivity index (χ2v) is 9.87. The van der Waals surface area contributed by atoms with E-state index in [4.69, 9.17) is 19.0 Å². The summed E-state index contributed by atoms with van der Waals surface area (Å²) in [6.45, 7) is 2.72. The molecule has 4 heterocycles. The van der Waals surface area contributed by atoms with E-state index in [0.717, 1.165) is 0 Å². The van der Waals surface area contributed by atoms with Gasteiger partial charge in [-0.3, -0.25) is 29.8 Å². The summed E-state index contributed by atoms with van der Waals surface area (Å²) in [6, 6.07) is 7.99. The molecule has 0 radical (unpaired) electrons. The Balaban J connectivity index is 1.11. The van der Waals surface area contributed by atoms with E-state index in [9.17, 15) is 14.4 Å². The number of cyclic esters (lactones) is 1. The Morgan fingerprint density at radius 2 is 1.95 bits per heavy atom. The molecular weight excluding hydrogens is 563 g/mol. The van der Waals surface area contributed by atoms with Crippen LogP contribution in [0.4, 0.5) is 14.9 Å². The molecule has 1 aromatic carbocycles. The van der Waals surface area contributed by atoms with Gasteiger partial charge < -0.3 is 14.2 Å². The minimum atomic E-state index is -0.554. The number of hydrogen-bond donors (Lipinski definition) is 1. The van der Waals surface area contributed by atoms with Crippen LogP contribution in [-0.4, -0.2) is 70.0 Å². The Bertz CT molecular complexity index is 1460. The second-order valence-electron chi connectivity index (χ2n) is 9.87. The summed E-state index contributed by atoms with van der Waals surface area (Å²) in [5, 5.41) is 7.62. The molecule has 226 valence electrons. The standard InChI is InChI=1S/C29H31FN6O7/c1-2-40-27(37)5-3-4-6-28(38)41-18-21-14-26(33-43-21)25-10-7-19(15-31-25)23-9-8-20(13-24(23)30)36-17-22(42-29(36)39)16-35-12-11-32-34-35/h7-15,21-22,33H,2-6,16-18H2,1H3/t21-,22-/m0/s1. The van der Waals surface area contributed by atoms with Gasteiger partial charge in [0.1, 0.15) is 24.6 Å². The van der Waals surface area contributed by atoms with Crippen molar-refractivity contribution in [2.24, 2.45) is 0 Å². The maximum atomic E-state index is 15.2. The molecule has 1 saturated heterocycles. The number of aromatic nitrogens is 4. The van der Waals surface area contributed by atoms with Gasteiger partial charge in [-0.15, -0.1) is 5.10 Å². The molecule has 1 N–H and O–H groups in total. The van der Waals surface area contributed by atoms with Crippen LogP contribution in [0.25, 0.3) is 16.8 Å². The predicted molar refractivity (Wildman–Crippen MR) is 149 cm³/mol. The number of pyridine rings is 1. The molecule has 0 unspecified atom stereocenters. The molecule has 0 saturated carbocycles. The highest BCUT2D eigenvalue weighted by Gasteiger charge is 2.33. The molecule has 2 aliphatic rings. The monoisotopic (exact) mass is 594 g/mol. The first-order valence-electron chi connectivity index (χ1n) is 13.9. The van der Waals surface area contributed by atoms with Gasteiger partial charge in [0.05, 0.1) is 43.0 Å². The van der Waals surface area contributed by atoms with Gasteiger partial charge in [0.2, 0.25) is 0 Å². The second kappa shape index (κ2) is 13.9. The number of amides is 1. The van der Waals surface area contributed by atoms with E-state index in [2.05, 4.69) is 20.8 Å². The Hall–Kier alpha value is -4.85. The number of carbonyl (C=O) groups is 3. The van der Waals surface area contributed by atoms with E-state index < -0.39 is 24.1 Å². The first-order chi connectivity index (χ1) is 20.9. The molecule has 2 aromatic heterocycles. The predicted octanol–water partition coefficient (Wildman–Crippen LogP) is 3.42. The van der Waals surface area contributed by atoms with Crippen molar-refractivity contribution >= 4 is 29.4 Å². The Morgan fingerprint density at radius 1 is 1.14 bits per heavy atom. The summed E-state index contributed by atoms with van der Waals surface area (Å²) < 4.78 is 32.2. The number of esters is 2. The molecule has 1 fully saturated rings. The molecule has 0 spiro atoms. The molecule has 0 bridgehead atoms. The number of unbranched alkanes of at least 4 members (excludes halogenated alkanes) is 1. The van der Waals surface area contributed by atoms with Crippen LogP contribution in [0.1, 0.15) is 38.3 Å². The molecule has 43 heavy (non-hydrogen) atoms. The van der Waals surface area contributed by atoms with E-state index >= 15 is 4.39 Å². The zero-order valence-corrected chi connectivity index (χ0v) is 23.5. The van der Waals surface area contributed by atoms with Crippen LogP contribution in [0.15, 0.2) is 55.0 Å². The zero-order chi connectivity index (χ0) is 30.2. The molecule has 2 aliphatic heterocycles. The topological polar surface area (TPSA) is 147 Å². The van der Waals surface area contributed by atoms with Crippen molar-refractivity contribution in [1.82, 2.24) is 25.5 Å². The Labute approximate surface area is 246 Å². The number of halogens is 1. The fourth-order valence-electron chi connectivity index (χ4n) is 4.62. The van der Waals surface area contributed by atoms with Crippen molar-refractivity contribution in [2.75, 3.05) is 24.7 Å². The molecule has 5 rings (SSSR count). The van der Waals surface area contributed by atoms with Crippen LogP contribution in [0, 0.1) is 5.82 Å². The average molecular weight is 595 g/mol. The first-order valence-corrected chi connectivity index (χ1v) is 13.9. The quantitative estimate of drug-likeness (QED) is 0.176. The lowest BCUT2D eigenvalue weighted by atomic mass is 10.1. The van der Waals surface area contributed by atoms with Crippen LogP contribution in [0.5, 0.6) is 0 Å². The summed E-state index contributed by atoms with van der Waals surface area (Å²) in [4.78, 5) is 47.0. The number of anilines is 1. The molecule has 3 aromatic rings. The highest BCUT2D eigenvalue weighted by molar-refractivity contribution is 5.90. The summed E-state index contributed by atoms with van der Waals surface area (Å²) in [7, 11) is 0. The van der Waals surface area contributed by atoms with Gasteiger partial charge in [0.25, 0.3) is 0 Å². The van der Waals surface area contributed by atoms with Crippen LogP contribution >= 0.6 is 0 Å². The van der Waals surface area contributed by atoms with E-state index in [0.29, 0.717) is 54.2 Å². The summed E-state index contributed by atoms with van der Waals surface area (Å²) in [5.41, 5.74) is 5.19. The van der Waals surface area contributed by atoms with E-state index in [1.807, 2.05) is 0 Å². The van der Waals surface area contributed by atoms with Crippen molar-refractivity contribution in [1.29, 1.82) is 0 Å². The lowest BCUT2D eigenvalue weighted by molar-refractivity contribution is -0.148. The molecule has 2 atom stereocenters. The number of nitrogens with zero attached hydrogens (tertiary/aromatic N) is 5. The fraction of sp³-hybridized carbons (Fsp3) is 0.379. The number of ether oxygens (including phenoxy) is 3. The SMILES string of the molecule is CCOC(=O)CCCCC(=O)OC[C@@H]1C=C(c2ccc(-c3ccc(N4C[C@H](Cn5ccnn5)OC4=O)cc3F)cn2)NO1. The third kappa shape index (κ3) is 7.71. The largest absolute Gasteiger partial charge is 0.466 e. The highest BCUT2D eigenvalue weighted by Crippen LogP contribution is 2.30. The van der Waals surface area contributed by atoms with Gasteiger partial charge in [0, 0.05) is 36.4 Å². The van der Waals surface area contributed by atoms with Gasteiger partial charge >= 0.3 is 18.0 Å². The summed E-state index contributed by atoms with van der Waals surface area (Å²) in [6.07, 6.45) is 6.56. The van der Waals surface area contributed by atoms with Gasteiger partial charge in [-0.1, -0.05) is 11.3 Å². The number of hydroxylamine groups is 1. The lowest BCUT2D eigenvalue weighted by Gasteiger charge is -2.14. The van der Waals surface area contributed by atoms with Crippen molar-refractivity contribution in [2.45, 2.75) is 51.4 Å². The molecule has 0 aliphatic carbocycles. The fourth-order valence-corrected chi connectivity index (χ4v) is 4.62. The van der Waals surface area contributed by atoms with Crippen molar-refractivity contribution in [3.8, 4) is 11.1 Å². The molecule has 1 amide bonds. The number of hydrogen-bond acceptors (Lipinski definition) is 11. The number of nitrogens with one attached hydrogen (secondary N) is 1. The van der Waals surface area contributed by atoms with Crippen molar-refractivity contribution in [3.63, 3.8) is 0 Å². The Kier molecular flexibility index (Phi) is 9.56. The minimum Gasteiger partial charge on any atom is -0.466 e. The Morgan fingerprint density at radius 3 is 2.65 bits per heavy atom. The van der Waals surface area contributed by atoms with Gasteiger partial charge in [-0.05, 0) is 50.1 Å². The van der Waals surface area contributed by atoms with E-state index in [-0.39, 0.29) is 37.9 Å². The lowest BCUT2D eigenvalue weighted by Crippen LogP contribution is -2.26. The summed E-state index contributed by atoms with van der Waals surface area (Å²) >= 11 is 0. The van der Waals surface area contributed by atoms with Crippen LogP contribution < -0.4 is 10.4 Å². The maximum Gasteiger partial charge on any atom is 0.414 e. The molecule has 14 heteroatoms. The average Bonchev–Trinajstić information content (AvgIpc) is 3.77. The smallest absolute Gasteiger partial charge is 0.414 e. The van der Waals surface area contributed by atoms with Gasteiger partial charge in [-0.25, -0.2) is 13.9 Å². The third-order valence-electron chi connectivity index (χ3n) is 6.75. The minimum absolute atomic E-state index is 0.0224. The van der Waals surface area contributed by atoms with E-state index in [1.54, 1.807) is 48.1 Å². The van der Waals surface area contributed by atoms with E-state index in [1.165, 1.54) is 23.4 Å². The zero-order valence-electron chi connectivity index (χ0n) is 23.5. The normalized spacial score (nSPS) is 17.8. The number of carbonyl (C=O) groups excluding carboxylic acids is 3. The maximum absolute atomic E-state index is 15.2. The third-order valence-corrected chi connectivity index (χ3v) is 6.75. The van der Waals surface area contributed by atoms with Crippen molar-refractivity contribution in [3.05, 3.63) is 66.5 Å². The molecule has 13 nitrogen and oxygen atoms in total. The molecular formula is C29H31FN6O7. The van der Waals surface area contributed by atoms with Gasteiger partial charge in [-0.2, -0.15) is 0 Å². The van der Waals surface area contributed by atoms with Crippen LogP contribution in [0.2, 0.25) is 0 Å². The van der Waals surface area contributed by atoms with Gasteiger partial charge in [0.15, 0.2) is 0 Å². The number of benzene rings is 1.